The summed E-state index contributed by atoms with van der Waals surface area (Å²) >= 11 is 5.88. The molecule has 1 saturated heterocycles. The Balaban J connectivity index is 1.41. The molecule has 4 rings (SSSR count). The summed E-state index contributed by atoms with van der Waals surface area (Å²) in [6.07, 6.45) is 4.88. The largest absolute Gasteiger partial charge is 0.337 e. The van der Waals surface area contributed by atoms with Crippen LogP contribution in [-0.4, -0.2) is 45.0 Å². The maximum Gasteiger partial charge on any atom is 0.271 e. The van der Waals surface area contributed by atoms with E-state index in [0.717, 1.165) is 18.4 Å². The van der Waals surface area contributed by atoms with Crippen molar-refractivity contribution >= 4 is 29.1 Å². The van der Waals surface area contributed by atoms with Crippen molar-refractivity contribution in [3.63, 3.8) is 0 Å². The van der Waals surface area contributed by atoms with Gasteiger partial charge >= 0.3 is 0 Å². The van der Waals surface area contributed by atoms with Gasteiger partial charge in [0.1, 0.15) is 5.69 Å². The highest BCUT2D eigenvalue weighted by molar-refractivity contribution is 6.30. The minimum atomic E-state index is -0.258. The number of likely N-dealkylation sites (tertiary alicyclic amines) is 1. The third-order valence-corrected chi connectivity index (χ3v) is 5.23. The summed E-state index contributed by atoms with van der Waals surface area (Å²) in [6.45, 7) is 0.995. The van der Waals surface area contributed by atoms with Gasteiger partial charge in [-0.1, -0.05) is 11.6 Å². The number of hydrogen-bond acceptors (Lipinski definition) is 4. The van der Waals surface area contributed by atoms with Gasteiger partial charge in [0, 0.05) is 41.8 Å². The van der Waals surface area contributed by atoms with Crippen LogP contribution in [0, 0.1) is 5.92 Å². The summed E-state index contributed by atoms with van der Waals surface area (Å²) in [4.78, 5) is 31.2. The van der Waals surface area contributed by atoms with Gasteiger partial charge in [0.25, 0.3) is 5.91 Å². The molecule has 0 saturated carbocycles. The van der Waals surface area contributed by atoms with Gasteiger partial charge in [-0.25, -0.2) is 0 Å². The van der Waals surface area contributed by atoms with Crippen LogP contribution in [0.15, 0.2) is 54.9 Å². The summed E-state index contributed by atoms with van der Waals surface area (Å²) < 4.78 is 0. The van der Waals surface area contributed by atoms with Gasteiger partial charge in [0.05, 0.1) is 11.6 Å². The monoisotopic (exact) mass is 409 g/mol. The molecule has 1 aliphatic heterocycles. The minimum absolute atomic E-state index is 0.0908. The lowest BCUT2D eigenvalue weighted by molar-refractivity contribution is -0.121. The van der Waals surface area contributed by atoms with E-state index in [1.165, 1.54) is 0 Å². The first-order valence-electron chi connectivity index (χ1n) is 9.41. The van der Waals surface area contributed by atoms with Crippen molar-refractivity contribution in [2.24, 2.45) is 5.92 Å². The number of hydrogen-bond donors (Lipinski definition) is 2. The van der Waals surface area contributed by atoms with Crippen molar-refractivity contribution in [1.82, 2.24) is 20.1 Å². The Kier molecular flexibility index (Phi) is 5.57. The lowest BCUT2D eigenvalue weighted by Crippen LogP contribution is -2.43. The summed E-state index contributed by atoms with van der Waals surface area (Å²) in [5, 5.41) is 10.6. The minimum Gasteiger partial charge on any atom is -0.337 e. The summed E-state index contributed by atoms with van der Waals surface area (Å²) in [6, 6.07) is 12.4. The van der Waals surface area contributed by atoms with E-state index in [1.54, 1.807) is 47.6 Å². The number of rotatable bonds is 4. The number of anilines is 1. The Bertz CT molecular complexity index is 1000. The van der Waals surface area contributed by atoms with Gasteiger partial charge in [-0.15, -0.1) is 0 Å². The number of carbonyl (C=O) groups is 2. The topological polar surface area (TPSA) is 91.0 Å². The maximum absolute atomic E-state index is 12.9. The molecule has 0 aliphatic carbocycles. The van der Waals surface area contributed by atoms with Gasteiger partial charge in [-0.3, -0.25) is 19.7 Å². The molecule has 8 heteroatoms. The Morgan fingerprint density at radius 3 is 2.66 bits per heavy atom. The molecule has 1 fully saturated rings. The average molecular weight is 410 g/mol. The van der Waals surface area contributed by atoms with Crippen molar-refractivity contribution in [2.45, 2.75) is 12.8 Å². The predicted octanol–water partition coefficient (Wildman–Crippen LogP) is 3.62. The second kappa shape index (κ2) is 8.45. The Morgan fingerprint density at radius 1 is 1.14 bits per heavy atom. The number of piperidine rings is 1. The first-order chi connectivity index (χ1) is 14.1. The third-order valence-electron chi connectivity index (χ3n) is 4.98. The van der Waals surface area contributed by atoms with Crippen LogP contribution < -0.4 is 5.32 Å². The molecule has 1 aromatic carbocycles. The maximum atomic E-state index is 12.9. The van der Waals surface area contributed by atoms with Gasteiger partial charge < -0.3 is 10.2 Å². The molecule has 1 aliphatic rings. The fourth-order valence-corrected chi connectivity index (χ4v) is 3.55. The lowest BCUT2D eigenvalue weighted by Gasteiger charge is -2.31. The number of nitrogens with zero attached hydrogens (tertiary/aromatic N) is 3. The van der Waals surface area contributed by atoms with Crippen molar-refractivity contribution in [1.29, 1.82) is 0 Å². The second-order valence-corrected chi connectivity index (χ2v) is 7.43. The van der Waals surface area contributed by atoms with E-state index >= 15 is 0 Å². The number of aromatic amines is 1. The molecule has 0 unspecified atom stereocenters. The van der Waals surface area contributed by atoms with Crippen LogP contribution in [0.4, 0.5) is 5.69 Å². The molecule has 29 heavy (non-hydrogen) atoms. The molecule has 148 valence electrons. The highest BCUT2D eigenvalue weighted by Gasteiger charge is 2.29. The predicted molar refractivity (Wildman–Crippen MR) is 111 cm³/mol. The number of amides is 2. The average Bonchev–Trinajstić information content (AvgIpc) is 3.26. The van der Waals surface area contributed by atoms with Crippen molar-refractivity contribution in [2.75, 3.05) is 18.4 Å². The quantitative estimate of drug-likeness (QED) is 0.688. The summed E-state index contributed by atoms with van der Waals surface area (Å²) in [7, 11) is 0. The zero-order valence-corrected chi connectivity index (χ0v) is 16.4. The molecule has 3 aromatic rings. The van der Waals surface area contributed by atoms with Crippen molar-refractivity contribution in [3.8, 4) is 11.3 Å². The number of nitrogens with one attached hydrogen (secondary N) is 2. The van der Waals surface area contributed by atoms with E-state index in [4.69, 9.17) is 11.6 Å². The van der Waals surface area contributed by atoms with Gasteiger partial charge in [0.15, 0.2) is 0 Å². The lowest BCUT2D eigenvalue weighted by atomic mass is 9.96. The molecule has 0 bridgehead atoms. The van der Waals surface area contributed by atoms with E-state index in [9.17, 15) is 9.59 Å². The highest BCUT2D eigenvalue weighted by Crippen LogP contribution is 2.22. The van der Waals surface area contributed by atoms with E-state index in [-0.39, 0.29) is 17.7 Å². The summed E-state index contributed by atoms with van der Waals surface area (Å²) in [5.74, 6) is -0.500. The molecule has 2 N–H and O–H groups in total. The first kappa shape index (κ1) is 19.1. The molecule has 0 radical (unpaired) electrons. The van der Waals surface area contributed by atoms with E-state index < -0.39 is 0 Å². The molecule has 3 heterocycles. The molecule has 0 spiro atoms. The van der Waals surface area contributed by atoms with Crippen LogP contribution in [0.5, 0.6) is 0 Å². The van der Waals surface area contributed by atoms with Crippen LogP contribution in [-0.2, 0) is 4.79 Å². The molecule has 1 atom stereocenters. The Labute approximate surface area is 173 Å². The van der Waals surface area contributed by atoms with Crippen LogP contribution in [0.25, 0.3) is 11.3 Å². The van der Waals surface area contributed by atoms with Gasteiger partial charge in [-0.2, -0.15) is 5.10 Å². The molecule has 2 aromatic heterocycles. The van der Waals surface area contributed by atoms with E-state index in [0.29, 0.717) is 35.2 Å². The van der Waals surface area contributed by atoms with Crippen molar-refractivity contribution < 1.29 is 9.59 Å². The third kappa shape index (κ3) is 4.46. The number of halogens is 1. The number of carbonyl (C=O) groups excluding carboxylic acids is 2. The number of H-pyrrole nitrogens is 1. The van der Waals surface area contributed by atoms with E-state index in [2.05, 4.69) is 20.5 Å². The number of aromatic nitrogens is 3. The van der Waals surface area contributed by atoms with Crippen molar-refractivity contribution in [3.05, 3.63) is 65.6 Å². The van der Waals surface area contributed by atoms with Crippen LogP contribution in [0.1, 0.15) is 23.3 Å². The molecular formula is C21H20ClN5O2. The first-order valence-corrected chi connectivity index (χ1v) is 9.79. The number of pyridine rings is 1. The Hall–Kier alpha value is -3.19. The second-order valence-electron chi connectivity index (χ2n) is 6.99. The molecular weight excluding hydrogens is 390 g/mol. The van der Waals surface area contributed by atoms with Gasteiger partial charge in [0.2, 0.25) is 5.91 Å². The fraction of sp³-hybridized carbons (Fsp3) is 0.238. The van der Waals surface area contributed by atoms with Crippen LogP contribution >= 0.6 is 11.6 Å². The SMILES string of the molecule is O=C(Nc1ccc(Cl)cc1)[C@@H]1CCCN(C(=O)c2cc(-c3ccncc3)n[nH]2)C1. The molecule has 7 nitrogen and oxygen atoms in total. The zero-order valence-electron chi connectivity index (χ0n) is 15.6. The standard InChI is InChI=1S/C21H20ClN5O2/c22-16-3-5-17(6-4-16)24-20(28)15-2-1-11-27(13-15)21(29)19-12-18(25-26-19)14-7-9-23-10-8-14/h3-10,12,15H,1-2,11,13H2,(H,24,28)(H,25,26)/t15-/m1/s1. The van der Waals surface area contributed by atoms with E-state index in [1.807, 2.05) is 12.1 Å². The Morgan fingerprint density at radius 2 is 1.90 bits per heavy atom. The fourth-order valence-electron chi connectivity index (χ4n) is 3.43. The van der Waals surface area contributed by atoms with Crippen LogP contribution in [0.3, 0.4) is 0 Å². The zero-order chi connectivity index (χ0) is 20.2. The smallest absolute Gasteiger partial charge is 0.271 e. The normalized spacial score (nSPS) is 16.4. The number of benzene rings is 1. The molecule has 2 amide bonds. The van der Waals surface area contributed by atoms with Gasteiger partial charge in [-0.05, 0) is 55.3 Å². The van der Waals surface area contributed by atoms with Crippen LogP contribution in [0.2, 0.25) is 5.02 Å². The summed E-state index contributed by atoms with van der Waals surface area (Å²) in [5.41, 5.74) is 2.67. The highest BCUT2D eigenvalue weighted by atomic mass is 35.5.